The van der Waals surface area contributed by atoms with Gasteiger partial charge in [0.1, 0.15) is 5.82 Å². The molecule has 5 heteroatoms. The lowest BCUT2D eigenvalue weighted by molar-refractivity contribution is 1.08. The molecule has 2 N–H and O–H groups in total. The van der Waals surface area contributed by atoms with Crippen LogP contribution in [0.1, 0.15) is 11.3 Å². The monoisotopic (exact) mass is 235 g/mol. The number of hydrogen-bond acceptors (Lipinski definition) is 5. The Balaban J connectivity index is 2.15. The summed E-state index contributed by atoms with van der Waals surface area (Å²) in [6.45, 7) is 0. The molecule has 2 aromatic rings. The molecule has 0 bridgehead atoms. The minimum atomic E-state index is 0.645. The van der Waals surface area contributed by atoms with Crippen molar-refractivity contribution in [3.63, 3.8) is 0 Å². The number of thioether (sulfide) groups is 1. The first-order valence-electron chi connectivity index (χ1n) is 4.60. The average molecular weight is 235 g/mol. The van der Waals surface area contributed by atoms with Crippen molar-refractivity contribution in [2.24, 2.45) is 0 Å². The molecule has 0 aliphatic carbocycles. The maximum absolute atomic E-state index is 5.92. The van der Waals surface area contributed by atoms with Gasteiger partial charge in [0.25, 0.3) is 0 Å². The predicted molar refractivity (Wildman–Crippen MR) is 64.8 cm³/mol. The van der Waals surface area contributed by atoms with Crippen LogP contribution in [0.3, 0.4) is 0 Å². The molecule has 3 heterocycles. The Hall–Kier alpha value is -1.07. The van der Waals surface area contributed by atoms with Gasteiger partial charge in [-0.05, 0) is 11.4 Å². The summed E-state index contributed by atoms with van der Waals surface area (Å²) < 4.78 is 0. The molecule has 0 saturated carbocycles. The Bertz CT molecular complexity index is 494. The molecule has 15 heavy (non-hydrogen) atoms. The highest BCUT2D eigenvalue weighted by Crippen LogP contribution is 2.33. The van der Waals surface area contributed by atoms with Gasteiger partial charge in [0.05, 0.1) is 5.69 Å². The van der Waals surface area contributed by atoms with Crippen LogP contribution in [0.5, 0.6) is 0 Å². The van der Waals surface area contributed by atoms with Crippen molar-refractivity contribution in [3.8, 4) is 11.4 Å². The molecule has 2 aromatic heterocycles. The molecule has 3 nitrogen and oxygen atoms in total. The number of rotatable bonds is 1. The molecule has 0 spiro atoms. The number of nitrogens with zero attached hydrogens (tertiary/aromatic N) is 2. The van der Waals surface area contributed by atoms with Gasteiger partial charge in [-0.15, -0.1) is 0 Å². The second kappa shape index (κ2) is 3.50. The van der Waals surface area contributed by atoms with Crippen molar-refractivity contribution in [3.05, 3.63) is 28.1 Å². The van der Waals surface area contributed by atoms with Crippen molar-refractivity contribution >= 4 is 28.9 Å². The number of nitrogen functional groups attached to an aromatic ring is 1. The van der Waals surface area contributed by atoms with E-state index in [0.717, 1.165) is 34.2 Å². The topological polar surface area (TPSA) is 51.8 Å². The van der Waals surface area contributed by atoms with Crippen LogP contribution in [0, 0.1) is 0 Å². The fourth-order valence-corrected chi connectivity index (χ4v) is 3.28. The zero-order chi connectivity index (χ0) is 10.3. The molecule has 0 radical (unpaired) electrons. The predicted octanol–water partition coefficient (Wildman–Crippen LogP) is 2.53. The first kappa shape index (κ1) is 9.18. The van der Waals surface area contributed by atoms with Crippen LogP contribution in [0.4, 0.5) is 5.82 Å². The fraction of sp³-hybridized carbons (Fsp3) is 0.200. The summed E-state index contributed by atoms with van der Waals surface area (Å²) in [5.41, 5.74) is 9.21. The molecule has 1 aliphatic heterocycles. The van der Waals surface area contributed by atoms with Gasteiger partial charge in [-0.1, -0.05) is 0 Å². The van der Waals surface area contributed by atoms with E-state index in [0.29, 0.717) is 5.82 Å². The van der Waals surface area contributed by atoms with Crippen molar-refractivity contribution in [2.45, 2.75) is 11.5 Å². The summed E-state index contributed by atoms with van der Waals surface area (Å²) in [5, 5.41) is 4.07. The molecule has 0 saturated heterocycles. The third-order valence-electron chi connectivity index (χ3n) is 2.39. The van der Waals surface area contributed by atoms with Crippen molar-refractivity contribution in [2.75, 3.05) is 5.73 Å². The van der Waals surface area contributed by atoms with Crippen LogP contribution in [-0.2, 0) is 11.5 Å². The SMILES string of the molecule is Nc1nc(-c2ccsc2)nc2c1CSC2. The third kappa shape index (κ3) is 1.52. The summed E-state index contributed by atoms with van der Waals surface area (Å²) >= 11 is 3.49. The fourth-order valence-electron chi connectivity index (χ4n) is 1.60. The minimum absolute atomic E-state index is 0.645. The lowest BCUT2D eigenvalue weighted by Gasteiger charge is -2.04. The Morgan fingerprint density at radius 3 is 3.00 bits per heavy atom. The Kier molecular flexibility index (Phi) is 2.14. The number of aromatic nitrogens is 2. The highest BCUT2D eigenvalue weighted by molar-refractivity contribution is 7.98. The van der Waals surface area contributed by atoms with Gasteiger partial charge in [0.15, 0.2) is 5.82 Å². The summed E-state index contributed by atoms with van der Waals surface area (Å²) in [4.78, 5) is 8.90. The largest absolute Gasteiger partial charge is 0.383 e. The Morgan fingerprint density at radius 2 is 2.20 bits per heavy atom. The average Bonchev–Trinajstić information content (AvgIpc) is 2.88. The number of hydrogen-bond donors (Lipinski definition) is 1. The molecule has 0 amide bonds. The van der Waals surface area contributed by atoms with Gasteiger partial charge >= 0.3 is 0 Å². The summed E-state index contributed by atoms with van der Waals surface area (Å²) in [6.07, 6.45) is 0. The van der Waals surface area contributed by atoms with E-state index in [1.54, 1.807) is 11.3 Å². The number of anilines is 1. The number of fused-ring (bicyclic) bond motifs is 1. The van der Waals surface area contributed by atoms with Gasteiger partial charge in [-0.2, -0.15) is 23.1 Å². The van der Waals surface area contributed by atoms with Gasteiger partial charge in [-0.3, -0.25) is 0 Å². The first-order chi connectivity index (χ1) is 7.34. The third-order valence-corrected chi connectivity index (χ3v) is 4.04. The maximum atomic E-state index is 5.92. The van der Waals surface area contributed by atoms with Crippen molar-refractivity contribution in [1.82, 2.24) is 9.97 Å². The summed E-state index contributed by atoms with van der Waals surface area (Å²) in [7, 11) is 0. The van der Waals surface area contributed by atoms with Crippen LogP contribution in [0.25, 0.3) is 11.4 Å². The smallest absolute Gasteiger partial charge is 0.162 e. The van der Waals surface area contributed by atoms with E-state index in [9.17, 15) is 0 Å². The minimum Gasteiger partial charge on any atom is -0.383 e. The first-order valence-corrected chi connectivity index (χ1v) is 6.70. The van der Waals surface area contributed by atoms with Crippen LogP contribution in [0.2, 0.25) is 0 Å². The molecule has 3 rings (SSSR count). The molecule has 1 aliphatic rings. The molecular weight excluding hydrogens is 226 g/mol. The number of thiophene rings is 1. The van der Waals surface area contributed by atoms with E-state index in [4.69, 9.17) is 5.73 Å². The molecule has 0 atom stereocenters. The van der Waals surface area contributed by atoms with Crippen LogP contribution in [0.15, 0.2) is 16.8 Å². The van der Waals surface area contributed by atoms with Crippen LogP contribution in [-0.4, -0.2) is 9.97 Å². The van der Waals surface area contributed by atoms with Crippen molar-refractivity contribution < 1.29 is 0 Å². The van der Waals surface area contributed by atoms with Crippen LogP contribution >= 0.6 is 23.1 Å². The standard InChI is InChI=1S/C10H9N3S2/c11-9-7-4-15-5-8(7)12-10(13-9)6-1-2-14-3-6/h1-3H,4-5H2,(H2,11,12,13). The Labute approximate surface area is 95.8 Å². The van der Waals surface area contributed by atoms with Gasteiger partial charge in [-0.25, -0.2) is 9.97 Å². The van der Waals surface area contributed by atoms with E-state index < -0.39 is 0 Å². The normalized spacial score (nSPS) is 14.1. The Morgan fingerprint density at radius 1 is 1.27 bits per heavy atom. The molecule has 76 valence electrons. The molecular formula is C10H9N3S2. The van der Waals surface area contributed by atoms with Gasteiger partial charge in [0.2, 0.25) is 0 Å². The zero-order valence-corrected chi connectivity index (χ0v) is 9.57. The van der Waals surface area contributed by atoms with Crippen molar-refractivity contribution in [1.29, 1.82) is 0 Å². The van der Waals surface area contributed by atoms with Crippen LogP contribution < -0.4 is 5.73 Å². The van der Waals surface area contributed by atoms with Gasteiger partial charge in [0, 0.05) is 28.0 Å². The van der Waals surface area contributed by atoms with E-state index in [-0.39, 0.29) is 0 Å². The maximum Gasteiger partial charge on any atom is 0.162 e. The molecule has 0 unspecified atom stereocenters. The molecule has 0 fully saturated rings. The quantitative estimate of drug-likeness (QED) is 0.825. The second-order valence-corrected chi connectivity index (χ2v) is 5.13. The highest BCUT2D eigenvalue weighted by Gasteiger charge is 2.18. The van der Waals surface area contributed by atoms with E-state index in [2.05, 4.69) is 9.97 Å². The second-order valence-electron chi connectivity index (χ2n) is 3.36. The highest BCUT2D eigenvalue weighted by atomic mass is 32.2. The van der Waals surface area contributed by atoms with Gasteiger partial charge < -0.3 is 5.73 Å². The molecule has 0 aromatic carbocycles. The van der Waals surface area contributed by atoms with E-state index >= 15 is 0 Å². The summed E-state index contributed by atoms with van der Waals surface area (Å²) in [5.74, 6) is 3.31. The lowest BCUT2D eigenvalue weighted by Crippen LogP contribution is -2.02. The number of nitrogens with two attached hydrogens (primary N) is 1. The zero-order valence-electron chi connectivity index (χ0n) is 7.93. The van der Waals surface area contributed by atoms with E-state index in [1.165, 1.54) is 0 Å². The summed E-state index contributed by atoms with van der Waals surface area (Å²) in [6, 6.07) is 2.02. The van der Waals surface area contributed by atoms with E-state index in [1.807, 2.05) is 28.6 Å². The lowest BCUT2D eigenvalue weighted by atomic mass is 10.2.